The van der Waals surface area contributed by atoms with E-state index < -0.39 is 0 Å². The van der Waals surface area contributed by atoms with Crippen LogP contribution in [-0.2, 0) is 19.1 Å². The molecule has 0 aliphatic carbocycles. The lowest BCUT2D eigenvalue weighted by atomic mass is 10.2. The number of unbranched alkanes of at least 4 members (excludes halogenated alkanes) is 1. The second-order valence-electron chi connectivity index (χ2n) is 6.08. The Balaban J connectivity index is 4.31. The van der Waals surface area contributed by atoms with E-state index in [1.54, 1.807) is 0 Å². The minimum atomic E-state index is -0.142. The summed E-state index contributed by atoms with van der Waals surface area (Å²) in [6.07, 6.45) is 4.70. The summed E-state index contributed by atoms with van der Waals surface area (Å²) in [5, 5.41) is 0. The summed E-state index contributed by atoms with van der Waals surface area (Å²) in [4.78, 5) is 23.4. The molecule has 0 rings (SSSR count). The van der Waals surface area contributed by atoms with Gasteiger partial charge in [0.2, 0.25) is 0 Å². The normalized spacial score (nSPS) is 11.3. The van der Waals surface area contributed by atoms with Gasteiger partial charge in [0, 0.05) is 0 Å². The first-order valence-electron chi connectivity index (χ1n) is 8.62. The first-order chi connectivity index (χ1) is 10.5. The summed E-state index contributed by atoms with van der Waals surface area (Å²) >= 11 is 0. The van der Waals surface area contributed by atoms with Gasteiger partial charge in [-0.15, -0.1) is 0 Å². The zero-order valence-corrected chi connectivity index (χ0v) is 14.9. The molecule has 0 aromatic carbocycles. The molecule has 130 valence electrons. The maximum Gasteiger partial charge on any atom is 0.311 e. The fraction of sp³-hybridized carbons (Fsp3) is 0.882. The van der Waals surface area contributed by atoms with Crippen molar-refractivity contribution in [1.29, 1.82) is 0 Å². The van der Waals surface area contributed by atoms with E-state index in [0.29, 0.717) is 39.1 Å². The van der Waals surface area contributed by atoms with E-state index in [2.05, 4.69) is 14.0 Å². The van der Waals surface area contributed by atoms with Crippen molar-refractivity contribution >= 4 is 11.9 Å². The van der Waals surface area contributed by atoms with Gasteiger partial charge in [-0.3, -0.25) is 9.59 Å². The molecule has 0 saturated carbocycles. The van der Waals surface area contributed by atoms with Gasteiger partial charge in [-0.2, -0.15) is 0 Å². The Morgan fingerprint density at radius 2 is 1.23 bits per heavy atom. The maximum absolute atomic E-state index is 11.7. The zero-order valence-electron chi connectivity index (χ0n) is 14.9. The topological polar surface area (TPSA) is 52.6 Å². The van der Waals surface area contributed by atoms with Crippen LogP contribution in [0.15, 0.2) is 0 Å². The number of carbonyl (C=O) groups is 2. The number of quaternary nitrogens is 1. The van der Waals surface area contributed by atoms with Gasteiger partial charge in [0.15, 0.2) is 0 Å². The highest BCUT2D eigenvalue weighted by atomic mass is 16.5. The molecule has 0 amide bonds. The minimum Gasteiger partial charge on any atom is -0.466 e. The number of hydrogen-bond acceptors (Lipinski definition) is 4. The summed E-state index contributed by atoms with van der Waals surface area (Å²) in [5.74, 6) is -0.285. The maximum atomic E-state index is 11.7. The number of hydrogen-bond donors (Lipinski definition) is 0. The van der Waals surface area contributed by atoms with E-state index in [0.717, 1.165) is 36.7 Å². The molecule has 0 N–H and O–H groups in total. The van der Waals surface area contributed by atoms with E-state index in [1.807, 2.05) is 13.8 Å². The molecule has 0 fully saturated rings. The van der Waals surface area contributed by atoms with Crippen molar-refractivity contribution in [2.45, 2.75) is 59.3 Å². The van der Waals surface area contributed by atoms with E-state index in [1.165, 1.54) is 0 Å². The summed E-state index contributed by atoms with van der Waals surface area (Å²) in [5.41, 5.74) is 0. The van der Waals surface area contributed by atoms with Crippen LogP contribution in [0.25, 0.3) is 0 Å². The molecule has 5 nitrogen and oxygen atoms in total. The standard InChI is InChI=1S/C17H34NO4/c1-5-8-11-18(4,12-9-16(19)21-14-6-2)13-10-17(20)22-15-7-3/h5-15H2,1-4H3/q+1. The van der Waals surface area contributed by atoms with E-state index in [4.69, 9.17) is 9.47 Å². The zero-order chi connectivity index (χ0) is 16.8. The molecule has 5 heteroatoms. The quantitative estimate of drug-likeness (QED) is 0.387. The largest absolute Gasteiger partial charge is 0.466 e. The Labute approximate surface area is 135 Å². The second-order valence-corrected chi connectivity index (χ2v) is 6.08. The Hall–Kier alpha value is -1.10. The molecule has 0 saturated heterocycles. The second kappa shape index (κ2) is 12.4. The number of esters is 2. The Kier molecular flexibility index (Phi) is 11.8. The molecule has 0 atom stereocenters. The summed E-state index contributed by atoms with van der Waals surface area (Å²) in [6, 6.07) is 0. The van der Waals surface area contributed by atoms with Gasteiger partial charge < -0.3 is 14.0 Å². The third-order valence-corrected chi connectivity index (χ3v) is 3.70. The monoisotopic (exact) mass is 316 g/mol. The van der Waals surface area contributed by atoms with Crippen molar-refractivity contribution in [2.24, 2.45) is 0 Å². The molecule has 0 aromatic rings. The fourth-order valence-corrected chi connectivity index (χ4v) is 2.17. The molecule has 0 heterocycles. The summed E-state index contributed by atoms with van der Waals surface area (Å²) in [6.45, 7) is 9.48. The molecule has 0 aliphatic heterocycles. The van der Waals surface area contributed by atoms with Crippen molar-refractivity contribution in [1.82, 2.24) is 0 Å². The molecule has 0 radical (unpaired) electrons. The summed E-state index contributed by atoms with van der Waals surface area (Å²) in [7, 11) is 2.11. The van der Waals surface area contributed by atoms with Crippen molar-refractivity contribution in [3.8, 4) is 0 Å². The predicted octanol–water partition coefficient (Wildman–Crippen LogP) is 2.92. The lowest BCUT2D eigenvalue weighted by molar-refractivity contribution is -0.908. The highest BCUT2D eigenvalue weighted by Crippen LogP contribution is 2.10. The Morgan fingerprint density at radius 1 is 0.773 bits per heavy atom. The number of carbonyl (C=O) groups excluding carboxylic acids is 2. The SMILES string of the molecule is CCCC[N+](C)(CCC(=O)OCCC)CCC(=O)OCCC. The van der Waals surface area contributed by atoms with Crippen LogP contribution in [0, 0.1) is 0 Å². The summed E-state index contributed by atoms with van der Waals surface area (Å²) < 4.78 is 11.0. The van der Waals surface area contributed by atoms with Gasteiger partial charge in [0.05, 0.1) is 52.7 Å². The van der Waals surface area contributed by atoms with E-state index in [9.17, 15) is 9.59 Å². The highest BCUT2D eigenvalue weighted by molar-refractivity contribution is 5.69. The molecule has 0 unspecified atom stereocenters. The lowest BCUT2D eigenvalue weighted by Gasteiger charge is -2.34. The molecule has 22 heavy (non-hydrogen) atoms. The Morgan fingerprint density at radius 3 is 1.59 bits per heavy atom. The van der Waals surface area contributed by atoms with Crippen LogP contribution in [0.3, 0.4) is 0 Å². The third kappa shape index (κ3) is 10.6. The van der Waals surface area contributed by atoms with Gasteiger partial charge in [0.25, 0.3) is 0 Å². The third-order valence-electron chi connectivity index (χ3n) is 3.70. The van der Waals surface area contributed by atoms with Crippen LogP contribution >= 0.6 is 0 Å². The fourth-order valence-electron chi connectivity index (χ4n) is 2.17. The average Bonchev–Trinajstić information content (AvgIpc) is 2.52. The average molecular weight is 316 g/mol. The predicted molar refractivity (Wildman–Crippen MR) is 87.4 cm³/mol. The van der Waals surface area contributed by atoms with Crippen molar-refractivity contribution in [3.05, 3.63) is 0 Å². The first-order valence-corrected chi connectivity index (χ1v) is 8.62. The van der Waals surface area contributed by atoms with Crippen LogP contribution in [0.1, 0.15) is 59.3 Å². The van der Waals surface area contributed by atoms with Crippen molar-refractivity contribution in [3.63, 3.8) is 0 Å². The molecular formula is C17H34NO4+. The first kappa shape index (κ1) is 20.9. The Bertz CT molecular complexity index is 294. The van der Waals surface area contributed by atoms with Crippen LogP contribution in [0.2, 0.25) is 0 Å². The van der Waals surface area contributed by atoms with Gasteiger partial charge >= 0.3 is 11.9 Å². The highest BCUT2D eigenvalue weighted by Gasteiger charge is 2.24. The molecule has 0 spiro atoms. The van der Waals surface area contributed by atoms with Crippen molar-refractivity contribution < 1.29 is 23.5 Å². The number of rotatable bonds is 13. The smallest absolute Gasteiger partial charge is 0.311 e. The molecule has 0 bridgehead atoms. The van der Waals surface area contributed by atoms with Gasteiger partial charge in [0.1, 0.15) is 0 Å². The molecule has 0 aliphatic rings. The lowest BCUT2D eigenvalue weighted by Crippen LogP contribution is -2.47. The number of ether oxygens (including phenoxy) is 2. The van der Waals surface area contributed by atoms with Crippen molar-refractivity contribution in [2.75, 3.05) is 39.9 Å². The van der Waals surface area contributed by atoms with Crippen LogP contribution in [0.5, 0.6) is 0 Å². The molecule has 0 aromatic heterocycles. The van der Waals surface area contributed by atoms with Gasteiger partial charge in [-0.05, 0) is 19.3 Å². The van der Waals surface area contributed by atoms with Crippen LogP contribution in [0.4, 0.5) is 0 Å². The van der Waals surface area contributed by atoms with Gasteiger partial charge in [-0.25, -0.2) is 0 Å². The van der Waals surface area contributed by atoms with Crippen LogP contribution < -0.4 is 0 Å². The van der Waals surface area contributed by atoms with Gasteiger partial charge in [-0.1, -0.05) is 27.2 Å². The van der Waals surface area contributed by atoms with Crippen LogP contribution in [-0.4, -0.2) is 56.3 Å². The number of nitrogens with zero attached hydrogens (tertiary/aromatic N) is 1. The van der Waals surface area contributed by atoms with E-state index in [-0.39, 0.29) is 11.9 Å². The van der Waals surface area contributed by atoms with E-state index >= 15 is 0 Å². The minimum absolute atomic E-state index is 0.142. The molecular weight excluding hydrogens is 282 g/mol.